The summed E-state index contributed by atoms with van der Waals surface area (Å²) in [4.78, 5) is 19.0. The highest BCUT2D eigenvalue weighted by Crippen LogP contribution is 2.20. The molecule has 26 heavy (non-hydrogen) atoms. The van der Waals surface area contributed by atoms with E-state index in [2.05, 4.69) is 10.1 Å². The number of imidazole rings is 1. The van der Waals surface area contributed by atoms with Crippen molar-refractivity contribution < 1.29 is 9.90 Å². The summed E-state index contributed by atoms with van der Waals surface area (Å²) in [6, 6.07) is 7.79. The molecular weight excluding hydrogens is 330 g/mol. The molecule has 1 aliphatic heterocycles. The van der Waals surface area contributed by atoms with E-state index < -0.39 is 6.10 Å². The van der Waals surface area contributed by atoms with Crippen LogP contribution in [0.25, 0.3) is 5.65 Å². The van der Waals surface area contributed by atoms with Crippen LogP contribution in [0.4, 0.5) is 0 Å². The first-order valence-corrected chi connectivity index (χ1v) is 9.09. The minimum Gasteiger partial charge on any atom is -0.387 e. The Morgan fingerprint density at radius 2 is 2.23 bits per heavy atom. The number of fused-ring (bicyclic) bond motifs is 2. The summed E-state index contributed by atoms with van der Waals surface area (Å²) < 4.78 is 3.87. The number of carbonyl (C=O) groups is 1. The molecule has 0 aromatic carbocycles. The molecule has 0 radical (unpaired) electrons. The molecule has 0 bridgehead atoms. The fourth-order valence-corrected chi connectivity index (χ4v) is 3.37. The minimum absolute atomic E-state index is 0.132. The molecule has 0 fully saturated rings. The number of aliphatic hydroxyl groups excluding tert-OH is 1. The van der Waals surface area contributed by atoms with Crippen molar-refractivity contribution in [2.45, 2.75) is 45.4 Å². The van der Waals surface area contributed by atoms with Crippen LogP contribution in [-0.4, -0.2) is 41.6 Å². The molecule has 1 atom stereocenters. The second kappa shape index (κ2) is 6.92. The number of rotatable bonds is 5. The van der Waals surface area contributed by atoms with Gasteiger partial charge in [0, 0.05) is 25.4 Å². The average molecular weight is 353 g/mol. The van der Waals surface area contributed by atoms with Gasteiger partial charge in [-0.2, -0.15) is 5.10 Å². The molecule has 1 amide bonds. The lowest BCUT2D eigenvalue weighted by atomic mass is 10.2. The highest BCUT2D eigenvalue weighted by Gasteiger charge is 2.23. The highest BCUT2D eigenvalue weighted by molar-refractivity contribution is 5.76. The van der Waals surface area contributed by atoms with Crippen molar-refractivity contribution in [2.24, 2.45) is 0 Å². The molecule has 0 saturated heterocycles. The van der Waals surface area contributed by atoms with E-state index in [-0.39, 0.29) is 5.91 Å². The van der Waals surface area contributed by atoms with E-state index in [0.29, 0.717) is 44.6 Å². The highest BCUT2D eigenvalue weighted by atomic mass is 16.3. The van der Waals surface area contributed by atoms with Crippen molar-refractivity contribution in [3.05, 3.63) is 53.7 Å². The first-order chi connectivity index (χ1) is 12.6. The van der Waals surface area contributed by atoms with Gasteiger partial charge < -0.3 is 14.4 Å². The third-order valence-corrected chi connectivity index (χ3v) is 4.91. The smallest absolute Gasteiger partial charge is 0.223 e. The Balaban J connectivity index is 1.39. The van der Waals surface area contributed by atoms with Crippen molar-refractivity contribution >= 4 is 11.6 Å². The van der Waals surface area contributed by atoms with Gasteiger partial charge in [0.25, 0.3) is 0 Å². The predicted octanol–water partition coefficient (Wildman–Crippen LogP) is 1.95. The number of hydrogen-bond donors (Lipinski definition) is 1. The first-order valence-electron chi connectivity index (χ1n) is 9.09. The fourth-order valence-electron chi connectivity index (χ4n) is 3.37. The van der Waals surface area contributed by atoms with Gasteiger partial charge in [0.1, 0.15) is 5.65 Å². The van der Waals surface area contributed by atoms with E-state index in [1.165, 1.54) is 0 Å². The summed E-state index contributed by atoms with van der Waals surface area (Å²) in [5.74, 6) is 0.132. The second-order valence-corrected chi connectivity index (χ2v) is 6.72. The normalized spacial score (nSPS) is 15.2. The van der Waals surface area contributed by atoms with Crippen LogP contribution >= 0.6 is 0 Å². The molecule has 0 saturated carbocycles. The number of amides is 1. The lowest BCUT2D eigenvalue weighted by Gasteiger charge is -2.27. The molecule has 1 aliphatic rings. The van der Waals surface area contributed by atoms with Crippen LogP contribution < -0.4 is 0 Å². The molecule has 3 aromatic rings. The molecule has 0 unspecified atom stereocenters. The van der Waals surface area contributed by atoms with Crippen LogP contribution in [0.2, 0.25) is 0 Å². The summed E-state index contributed by atoms with van der Waals surface area (Å²) in [7, 11) is 0. The van der Waals surface area contributed by atoms with Gasteiger partial charge in [-0.15, -0.1) is 0 Å². The topological polar surface area (TPSA) is 75.7 Å². The molecule has 0 spiro atoms. The molecule has 4 rings (SSSR count). The summed E-state index contributed by atoms with van der Waals surface area (Å²) in [5.41, 5.74) is 3.51. The molecule has 3 aromatic heterocycles. The van der Waals surface area contributed by atoms with Gasteiger partial charge in [0.15, 0.2) is 0 Å². The van der Waals surface area contributed by atoms with Gasteiger partial charge in [-0.25, -0.2) is 4.98 Å². The zero-order chi connectivity index (χ0) is 18.1. The van der Waals surface area contributed by atoms with Gasteiger partial charge in [-0.1, -0.05) is 13.0 Å². The Morgan fingerprint density at radius 3 is 3.04 bits per heavy atom. The maximum absolute atomic E-state index is 12.6. The summed E-state index contributed by atoms with van der Waals surface area (Å²) >= 11 is 0. The SMILES string of the molecule is CC[C@H](O)c1cc2n(n1)CCN(C(=O)CCc1cn3ccccc3n1)C2. The van der Waals surface area contributed by atoms with Crippen molar-refractivity contribution in [1.82, 2.24) is 24.1 Å². The third kappa shape index (κ3) is 3.22. The lowest BCUT2D eigenvalue weighted by Crippen LogP contribution is -2.38. The number of aliphatic hydroxyl groups is 1. The summed E-state index contributed by atoms with van der Waals surface area (Å²) in [6.07, 6.45) is 5.12. The zero-order valence-electron chi connectivity index (χ0n) is 14.9. The van der Waals surface area contributed by atoms with E-state index in [0.717, 1.165) is 17.0 Å². The standard InChI is InChI=1S/C19H23N5O2/c1-2-17(25)16-11-15-13-23(9-10-24(15)21-16)19(26)7-6-14-12-22-8-4-3-5-18(22)20-14/h3-5,8,11-12,17,25H,2,6-7,9-10,13H2,1H3/t17-/m0/s1. The maximum Gasteiger partial charge on any atom is 0.223 e. The first kappa shape index (κ1) is 16.8. The van der Waals surface area contributed by atoms with Crippen LogP contribution in [0.5, 0.6) is 0 Å². The van der Waals surface area contributed by atoms with E-state index >= 15 is 0 Å². The van der Waals surface area contributed by atoms with Crippen LogP contribution in [-0.2, 0) is 24.3 Å². The van der Waals surface area contributed by atoms with Gasteiger partial charge in [0.05, 0.1) is 36.3 Å². The average Bonchev–Trinajstić information content (AvgIpc) is 3.28. The molecular formula is C19H23N5O2. The third-order valence-electron chi connectivity index (χ3n) is 4.91. The number of carbonyl (C=O) groups excluding carboxylic acids is 1. The number of aromatic nitrogens is 4. The van der Waals surface area contributed by atoms with Crippen molar-refractivity contribution in [3.8, 4) is 0 Å². The Kier molecular flexibility index (Phi) is 4.46. The van der Waals surface area contributed by atoms with Gasteiger partial charge in [-0.3, -0.25) is 9.48 Å². The van der Waals surface area contributed by atoms with Crippen molar-refractivity contribution in [2.75, 3.05) is 6.54 Å². The molecule has 4 heterocycles. The van der Waals surface area contributed by atoms with E-state index in [9.17, 15) is 9.90 Å². The summed E-state index contributed by atoms with van der Waals surface area (Å²) in [5, 5.41) is 14.4. The number of pyridine rings is 1. The minimum atomic E-state index is -0.535. The van der Waals surface area contributed by atoms with Crippen molar-refractivity contribution in [1.29, 1.82) is 0 Å². The molecule has 1 N–H and O–H groups in total. The van der Waals surface area contributed by atoms with Crippen LogP contribution in [0.1, 0.15) is 43.0 Å². The Morgan fingerprint density at radius 1 is 1.35 bits per heavy atom. The monoisotopic (exact) mass is 353 g/mol. The molecule has 7 nitrogen and oxygen atoms in total. The Bertz CT molecular complexity index is 896. The van der Waals surface area contributed by atoms with Crippen LogP contribution in [0, 0.1) is 0 Å². The lowest BCUT2D eigenvalue weighted by molar-refractivity contribution is -0.132. The Labute approximate surface area is 151 Å². The Hall–Kier alpha value is -2.67. The molecule has 136 valence electrons. The van der Waals surface area contributed by atoms with E-state index in [1.54, 1.807) is 0 Å². The number of nitrogens with zero attached hydrogens (tertiary/aromatic N) is 5. The quantitative estimate of drug-likeness (QED) is 0.761. The van der Waals surface area contributed by atoms with Gasteiger partial charge >= 0.3 is 0 Å². The van der Waals surface area contributed by atoms with Gasteiger partial charge in [-0.05, 0) is 31.0 Å². The van der Waals surface area contributed by atoms with Crippen LogP contribution in [0.15, 0.2) is 36.7 Å². The second-order valence-electron chi connectivity index (χ2n) is 6.72. The number of aryl methyl sites for hydroxylation is 1. The van der Waals surface area contributed by atoms with Crippen LogP contribution in [0.3, 0.4) is 0 Å². The number of hydrogen-bond acceptors (Lipinski definition) is 4. The van der Waals surface area contributed by atoms with Crippen molar-refractivity contribution in [3.63, 3.8) is 0 Å². The largest absolute Gasteiger partial charge is 0.387 e. The predicted molar refractivity (Wildman–Crippen MR) is 96.4 cm³/mol. The van der Waals surface area contributed by atoms with E-state index in [1.807, 2.05) is 57.6 Å². The molecule has 7 heteroatoms. The fraction of sp³-hybridized carbons (Fsp3) is 0.421. The van der Waals surface area contributed by atoms with Gasteiger partial charge in [0.2, 0.25) is 5.91 Å². The summed E-state index contributed by atoms with van der Waals surface area (Å²) in [6.45, 7) is 3.80. The zero-order valence-corrected chi connectivity index (χ0v) is 14.9. The maximum atomic E-state index is 12.6. The molecule has 0 aliphatic carbocycles. The van der Waals surface area contributed by atoms with E-state index in [4.69, 9.17) is 0 Å².